The average Bonchev–Trinajstić information content (AvgIpc) is 2.71. The zero-order valence-electron chi connectivity index (χ0n) is 8.24. The summed E-state index contributed by atoms with van der Waals surface area (Å²) in [5.41, 5.74) is 0. The summed E-state index contributed by atoms with van der Waals surface area (Å²) >= 11 is 0. The minimum atomic E-state index is 0.522. The first-order valence-electron chi connectivity index (χ1n) is 5.21. The van der Waals surface area contributed by atoms with Crippen LogP contribution in [0.3, 0.4) is 0 Å². The second-order valence-electron chi connectivity index (χ2n) is 3.92. The summed E-state index contributed by atoms with van der Waals surface area (Å²) in [4.78, 5) is 2.31. The lowest BCUT2D eigenvalue weighted by Crippen LogP contribution is -2.49. The molecule has 0 radical (unpaired) electrons. The molecule has 0 aromatic rings. The van der Waals surface area contributed by atoms with Crippen LogP contribution in [0.1, 0.15) is 26.2 Å². The van der Waals surface area contributed by atoms with Gasteiger partial charge in [0.05, 0.1) is 6.17 Å². The topological polar surface area (TPSA) is 40.0 Å². The second-order valence-corrected chi connectivity index (χ2v) is 3.92. The first-order valence-corrected chi connectivity index (χ1v) is 5.21. The number of hydrogen-bond donors (Lipinski definition) is 1. The van der Waals surface area contributed by atoms with Gasteiger partial charge in [-0.25, -0.2) is 4.90 Å². The Kier molecular flexibility index (Phi) is 2.90. The summed E-state index contributed by atoms with van der Waals surface area (Å²) in [6, 6.07) is 0. The minimum Gasteiger partial charge on any atom is -0.302 e. The highest BCUT2D eigenvalue weighted by Gasteiger charge is 2.26. The molecule has 4 heteroatoms. The van der Waals surface area contributed by atoms with Crippen molar-refractivity contribution in [2.75, 3.05) is 19.9 Å². The van der Waals surface area contributed by atoms with E-state index in [-0.39, 0.29) is 0 Å². The van der Waals surface area contributed by atoms with Crippen molar-refractivity contribution in [3.63, 3.8) is 0 Å². The molecule has 4 nitrogen and oxygen atoms in total. The van der Waals surface area contributed by atoms with E-state index < -0.39 is 0 Å². The van der Waals surface area contributed by atoms with E-state index in [0.717, 1.165) is 25.8 Å². The fourth-order valence-electron chi connectivity index (χ4n) is 2.11. The largest absolute Gasteiger partial charge is 0.302 e. The van der Waals surface area contributed by atoms with E-state index in [2.05, 4.69) is 27.4 Å². The van der Waals surface area contributed by atoms with Gasteiger partial charge < -0.3 is 5.32 Å². The number of nitrogens with zero attached hydrogens (tertiary/aromatic N) is 3. The van der Waals surface area contributed by atoms with Gasteiger partial charge in [0.1, 0.15) is 13.3 Å². The van der Waals surface area contributed by atoms with Crippen LogP contribution in [0.25, 0.3) is 0 Å². The minimum absolute atomic E-state index is 0.522. The second kappa shape index (κ2) is 4.15. The van der Waals surface area contributed by atoms with Crippen LogP contribution >= 0.6 is 0 Å². The van der Waals surface area contributed by atoms with E-state index in [1.165, 1.54) is 19.3 Å². The van der Waals surface area contributed by atoms with Crippen molar-refractivity contribution in [3.8, 4) is 0 Å². The molecule has 1 saturated heterocycles. The Morgan fingerprint density at radius 3 is 2.85 bits per heavy atom. The molecule has 0 bridgehead atoms. The SMILES string of the molecule is CCC1CCNC(N2CN=NC2)C1. The average molecular weight is 182 g/mol. The highest BCUT2D eigenvalue weighted by molar-refractivity contribution is 4.79. The maximum atomic E-state index is 4.00. The molecule has 2 heterocycles. The third-order valence-corrected chi connectivity index (χ3v) is 3.10. The van der Waals surface area contributed by atoms with Crippen LogP contribution in [0.4, 0.5) is 0 Å². The Labute approximate surface area is 79.4 Å². The first-order chi connectivity index (χ1) is 6.40. The molecule has 2 aliphatic rings. The van der Waals surface area contributed by atoms with E-state index in [1.807, 2.05) is 0 Å². The lowest BCUT2D eigenvalue weighted by atomic mass is 9.93. The highest BCUT2D eigenvalue weighted by atomic mass is 15.4. The molecule has 0 aromatic carbocycles. The summed E-state index contributed by atoms with van der Waals surface area (Å²) in [7, 11) is 0. The fraction of sp³-hybridized carbons (Fsp3) is 1.00. The predicted octanol–water partition coefficient (Wildman–Crippen LogP) is 1.40. The van der Waals surface area contributed by atoms with Gasteiger partial charge in [-0.2, -0.15) is 10.2 Å². The van der Waals surface area contributed by atoms with Crippen molar-refractivity contribution < 1.29 is 0 Å². The number of rotatable bonds is 2. The van der Waals surface area contributed by atoms with Crippen molar-refractivity contribution in [3.05, 3.63) is 0 Å². The molecule has 0 spiro atoms. The monoisotopic (exact) mass is 182 g/mol. The van der Waals surface area contributed by atoms with Crippen LogP contribution in [-0.2, 0) is 0 Å². The van der Waals surface area contributed by atoms with E-state index in [1.54, 1.807) is 0 Å². The Hall–Kier alpha value is -0.480. The smallest absolute Gasteiger partial charge is 0.115 e. The molecule has 13 heavy (non-hydrogen) atoms. The van der Waals surface area contributed by atoms with Gasteiger partial charge in [-0.1, -0.05) is 13.3 Å². The van der Waals surface area contributed by atoms with Crippen LogP contribution in [0.2, 0.25) is 0 Å². The van der Waals surface area contributed by atoms with E-state index in [4.69, 9.17) is 0 Å². The van der Waals surface area contributed by atoms with Crippen LogP contribution in [-0.4, -0.2) is 30.9 Å². The Morgan fingerprint density at radius 2 is 2.15 bits per heavy atom. The molecule has 1 fully saturated rings. The molecular weight excluding hydrogens is 164 g/mol. The van der Waals surface area contributed by atoms with Crippen molar-refractivity contribution in [1.29, 1.82) is 0 Å². The summed E-state index contributed by atoms with van der Waals surface area (Å²) in [6.45, 7) is 5.01. The van der Waals surface area contributed by atoms with E-state index in [0.29, 0.717) is 6.17 Å². The van der Waals surface area contributed by atoms with Crippen molar-refractivity contribution in [2.24, 2.45) is 16.1 Å². The van der Waals surface area contributed by atoms with Gasteiger partial charge in [-0.15, -0.1) is 0 Å². The molecule has 1 N–H and O–H groups in total. The molecule has 74 valence electrons. The van der Waals surface area contributed by atoms with Gasteiger partial charge in [-0.3, -0.25) is 0 Å². The Balaban J connectivity index is 1.85. The van der Waals surface area contributed by atoms with Gasteiger partial charge in [0.25, 0.3) is 0 Å². The standard InChI is InChI=1S/C9H18N4/c1-2-8-3-4-10-9(5-8)13-6-11-12-7-13/h8-10H,2-7H2,1H3. The Bertz CT molecular complexity index is 184. The lowest BCUT2D eigenvalue weighted by molar-refractivity contribution is 0.132. The molecule has 2 aliphatic heterocycles. The summed E-state index contributed by atoms with van der Waals surface area (Å²) in [6.07, 6.45) is 4.42. The lowest BCUT2D eigenvalue weighted by Gasteiger charge is -2.34. The van der Waals surface area contributed by atoms with Gasteiger partial charge in [0.2, 0.25) is 0 Å². The summed E-state index contributed by atoms with van der Waals surface area (Å²) in [5.74, 6) is 0.895. The van der Waals surface area contributed by atoms with Crippen LogP contribution in [0.15, 0.2) is 10.2 Å². The first kappa shape index (κ1) is 9.09. The maximum Gasteiger partial charge on any atom is 0.115 e. The van der Waals surface area contributed by atoms with E-state index >= 15 is 0 Å². The molecule has 0 saturated carbocycles. The highest BCUT2D eigenvalue weighted by Crippen LogP contribution is 2.22. The Morgan fingerprint density at radius 1 is 1.38 bits per heavy atom. The normalized spacial score (nSPS) is 35.5. The zero-order valence-corrected chi connectivity index (χ0v) is 8.24. The molecule has 0 amide bonds. The molecule has 2 atom stereocenters. The number of nitrogens with one attached hydrogen (secondary N) is 1. The number of piperidine rings is 1. The third-order valence-electron chi connectivity index (χ3n) is 3.10. The van der Waals surface area contributed by atoms with Gasteiger partial charge >= 0.3 is 0 Å². The van der Waals surface area contributed by atoms with Crippen LogP contribution in [0, 0.1) is 5.92 Å². The predicted molar refractivity (Wildman–Crippen MR) is 51.2 cm³/mol. The van der Waals surface area contributed by atoms with Crippen molar-refractivity contribution in [2.45, 2.75) is 32.4 Å². The van der Waals surface area contributed by atoms with Gasteiger partial charge in [0.15, 0.2) is 0 Å². The maximum absolute atomic E-state index is 4.00. The van der Waals surface area contributed by atoms with Gasteiger partial charge in [-0.05, 0) is 25.3 Å². The fourth-order valence-corrected chi connectivity index (χ4v) is 2.11. The summed E-state index contributed by atoms with van der Waals surface area (Å²) < 4.78 is 0. The van der Waals surface area contributed by atoms with Crippen LogP contribution in [0.5, 0.6) is 0 Å². The summed E-state index contributed by atoms with van der Waals surface area (Å²) in [5, 5.41) is 11.5. The van der Waals surface area contributed by atoms with E-state index in [9.17, 15) is 0 Å². The van der Waals surface area contributed by atoms with Crippen molar-refractivity contribution in [1.82, 2.24) is 10.2 Å². The third kappa shape index (κ3) is 2.06. The van der Waals surface area contributed by atoms with Crippen molar-refractivity contribution >= 4 is 0 Å². The number of azo groups is 1. The number of hydrogen-bond acceptors (Lipinski definition) is 4. The molecule has 2 unspecified atom stereocenters. The molecule has 2 rings (SSSR count). The zero-order chi connectivity index (χ0) is 9.10. The molecule has 0 aliphatic carbocycles. The van der Waals surface area contributed by atoms with Gasteiger partial charge in [0, 0.05) is 0 Å². The molecular formula is C9H18N4. The quantitative estimate of drug-likeness (QED) is 0.701. The van der Waals surface area contributed by atoms with Crippen LogP contribution < -0.4 is 5.32 Å². The molecule has 0 aromatic heterocycles.